The van der Waals surface area contributed by atoms with Gasteiger partial charge in [-0.15, -0.1) is 0 Å². The average Bonchev–Trinajstić information content (AvgIpc) is 3.01. The summed E-state index contributed by atoms with van der Waals surface area (Å²) in [7, 11) is 1.54. The summed E-state index contributed by atoms with van der Waals surface area (Å²) in [5.41, 5.74) is 1.09. The van der Waals surface area contributed by atoms with Crippen molar-refractivity contribution >= 4 is 38.5 Å². The van der Waals surface area contributed by atoms with Crippen molar-refractivity contribution in [1.29, 1.82) is 0 Å². The topological polar surface area (TPSA) is 74.4 Å². The highest BCUT2D eigenvalue weighted by atomic mass is 79.9. The number of carbonyl (C=O) groups excluding carboxylic acids is 2. The van der Waals surface area contributed by atoms with E-state index in [-0.39, 0.29) is 0 Å². The molecule has 0 aliphatic carbocycles. The lowest BCUT2D eigenvalue weighted by Gasteiger charge is -2.26. The number of amides is 1. The molecule has 6 nitrogen and oxygen atoms in total. The maximum absolute atomic E-state index is 12.6. The van der Waals surface area contributed by atoms with E-state index in [1.807, 2.05) is 6.07 Å². The number of rotatable bonds is 3. The highest BCUT2D eigenvalue weighted by Crippen LogP contribution is 2.34. The molecule has 2 aromatic rings. The number of halogens is 1. The zero-order valence-corrected chi connectivity index (χ0v) is 13.7. The lowest BCUT2D eigenvalue weighted by molar-refractivity contribution is -0.126. The monoisotopic (exact) mass is 365 g/mol. The van der Waals surface area contributed by atoms with Crippen molar-refractivity contribution in [3.05, 3.63) is 28.4 Å². The molecule has 116 valence electrons. The number of methoxy groups -OCH3 is 1. The third-order valence-corrected chi connectivity index (χ3v) is 4.47. The molecule has 2 N–H and O–H groups in total. The third-order valence-electron chi connectivity index (χ3n) is 3.81. The van der Waals surface area contributed by atoms with Gasteiger partial charge in [-0.05, 0) is 28.1 Å². The molecule has 2 heterocycles. The van der Waals surface area contributed by atoms with E-state index in [0.29, 0.717) is 42.9 Å². The van der Waals surface area contributed by atoms with E-state index in [1.165, 1.54) is 0 Å². The van der Waals surface area contributed by atoms with Crippen LogP contribution in [-0.2, 0) is 4.79 Å². The number of piperazine rings is 1. The number of nitrogens with one attached hydrogen (secondary N) is 2. The molecule has 3 rings (SSSR count). The van der Waals surface area contributed by atoms with E-state index in [1.54, 1.807) is 24.3 Å². The molecule has 0 saturated carbocycles. The zero-order valence-electron chi connectivity index (χ0n) is 12.1. The molecule has 1 amide bonds. The largest absolute Gasteiger partial charge is 0.496 e. The number of carbonyl (C=O) groups is 2. The summed E-state index contributed by atoms with van der Waals surface area (Å²) in [5.74, 6) is -0.412. The van der Waals surface area contributed by atoms with E-state index >= 15 is 0 Å². The second-order valence-corrected chi connectivity index (χ2v) is 5.93. The molecule has 0 spiro atoms. The van der Waals surface area contributed by atoms with Gasteiger partial charge in [0.25, 0.3) is 11.7 Å². The van der Waals surface area contributed by atoms with E-state index in [0.717, 1.165) is 9.99 Å². The molecule has 22 heavy (non-hydrogen) atoms. The second-order valence-electron chi connectivity index (χ2n) is 5.07. The van der Waals surface area contributed by atoms with Gasteiger partial charge in [-0.3, -0.25) is 9.59 Å². The van der Waals surface area contributed by atoms with Crippen LogP contribution in [0.1, 0.15) is 10.4 Å². The summed E-state index contributed by atoms with van der Waals surface area (Å²) in [6.07, 6.45) is 1.57. The maximum Gasteiger partial charge on any atom is 0.295 e. The van der Waals surface area contributed by atoms with Gasteiger partial charge in [-0.25, -0.2) is 0 Å². The minimum Gasteiger partial charge on any atom is -0.496 e. The number of benzene rings is 1. The highest BCUT2D eigenvalue weighted by molar-refractivity contribution is 9.10. The van der Waals surface area contributed by atoms with Crippen molar-refractivity contribution in [2.24, 2.45) is 0 Å². The van der Waals surface area contributed by atoms with Gasteiger partial charge in [-0.2, -0.15) is 0 Å². The van der Waals surface area contributed by atoms with Crippen molar-refractivity contribution in [2.75, 3.05) is 33.3 Å². The SMILES string of the molecule is COc1ccc(Br)c2[nH]cc(C(=O)C(=O)N3CCNCC3)c12. The summed E-state index contributed by atoms with van der Waals surface area (Å²) in [6.45, 7) is 2.52. The fraction of sp³-hybridized carbons (Fsp3) is 0.333. The molecular weight excluding hydrogens is 350 g/mol. The molecule has 7 heteroatoms. The number of H-pyrrole nitrogens is 1. The van der Waals surface area contributed by atoms with Crippen LogP contribution in [0.25, 0.3) is 10.9 Å². The first-order valence-corrected chi connectivity index (χ1v) is 7.80. The van der Waals surface area contributed by atoms with Crippen LogP contribution in [0.2, 0.25) is 0 Å². The van der Waals surface area contributed by atoms with Gasteiger partial charge in [0.1, 0.15) is 5.75 Å². The Kier molecular flexibility index (Phi) is 4.17. The van der Waals surface area contributed by atoms with Gasteiger partial charge < -0.3 is 19.9 Å². The van der Waals surface area contributed by atoms with Crippen LogP contribution in [0.4, 0.5) is 0 Å². The first-order chi connectivity index (χ1) is 10.6. The van der Waals surface area contributed by atoms with Gasteiger partial charge in [-0.1, -0.05) is 0 Å². The van der Waals surface area contributed by atoms with Crippen LogP contribution >= 0.6 is 15.9 Å². The molecule has 1 aliphatic heterocycles. The van der Waals surface area contributed by atoms with Gasteiger partial charge in [0, 0.05) is 36.8 Å². The molecule has 0 atom stereocenters. The number of aromatic nitrogens is 1. The Morgan fingerprint density at radius 2 is 2.00 bits per heavy atom. The van der Waals surface area contributed by atoms with E-state index in [2.05, 4.69) is 26.2 Å². The maximum atomic E-state index is 12.6. The van der Waals surface area contributed by atoms with Crippen LogP contribution in [0.3, 0.4) is 0 Å². The van der Waals surface area contributed by atoms with E-state index in [9.17, 15) is 9.59 Å². The Hall–Kier alpha value is -1.86. The summed E-state index contributed by atoms with van der Waals surface area (Å²) < 4.78 is 6.15. The fourth-order valence-corrected chi connectivity index (χ4v) is 3.10. The first kappa shape index (κ1) is 15.1. The van der Waals surface area contributed by atoms with E-state index in [4.69, 9.17) is 4.74 Å². The molecule has 0 bridgehead atoms. The molecule has 0 unspecified atom stereocenters. The minimum atomic E-state index is -0.510. The smallest absolute Gasteiger partial charge is 0.295 e. The average molecular weight is 366 g/mol. The molecule has 1 aromatic carbocycles. The second kappa shape index (κ2) is 6.10. The van der Waals surface area contributed by atoms with Crippen molar-refractivity contribution in [3.8, 4) is 5.75 Å². The predicted molar refractivity (Wildman–Crippen MR) is 86.3 cm³/mol. The predicted octanol–water partition coefficient (Wildman–Crippen LogP) is 1.55. The number of nitrogens with zero attached hydrogens (tertiary/aromatic N) is 1. The lowest BCUT2D eigenvalue weighted by Crippen LogP contribution is -2.48. The minimum absolute atomic E-state index is 0.344. The van der Waals surface area contributed by atoms with Crippen molar-refractivity contribution in [3.63, 3.8) is 0 Å². The Balaban J connectivity index is 2.00. The Labute approximate surface area is 135 Å². The molecule has 0 radical (unpaired) electrons. The summed E-state index contributed by atoms with van der Waals surface area (Å²) >= 11 is 3.43. The number of hydrogen-bond acceptors (Lipinski definition) is 4. The van der Waals surface area contributed by atoms with E-state index < -0.39 is 11.7 Å². The van der Waals surface area contributed by atoms with Gasteiger partial charge in [0.2, 0.25) is 0 Å². The lowest BCUT2D eigenvalue weighted by atomic mass is 10.1. The number of hydrogen-bond donors (Lipinski definition) is 2. The third kappa shape index (κ3) is 2.50. The number of ketones is 1. The van der Waals surface area contributed by atoms with Gasteiger partial charge in [0.15, 0.2) is 0 Å². The van der Waals surface area contributed by atoms with Crippen LogP contribution < -0.4 is 10.1 Å². The standard InChI is InChI=1S/C15H16BrN3O3/c1-22-11-3-2-10(16)13-12(11)9(8-18-13)14(20)15(21)19-6-4-17-5-7-19/h2-3,8,17-18H,4-7H2,1H3. The van der Waals surface area contributed by atoms with Crippen molar-refractivity contribution < 1.29 is 14.3 Å². The molecule has 1 fully saturated rings. The Morgan fingerprint density at radius 1 is 1.27 bits per heavy atom. The molecular formula is C15H16BrN3O3. The van der Waals surface area contributed by atoms with Crippen LogP contribution in [-0.4, -0.2) is 54.9 Å². The summed E-state index contributed by atoms with van der Waals surface area (Å²) in [5, 5.41) is 3.79. The quantitative estimate of drug-likeness (QED) is 0.639. The molecule has 1 saturated heterocycles. The summed E-state index contributed by atoms with van der Waals surface area (Å²) in [4.78, 5) is 29.6. The first-order valence-electron chi connectivity index (χ1n) is 7.01. The zero-order chi connectivity index (χ0) is 15.7. The number of aromatic amines is 1. The van der Waals surface area contributed by atoms with Gasteiger partial charge in [0.05, 0.1) is 23.6 Å². The summed E-state index contributed by atoms with van der Waals surface area (Å²) in [6, 6.07) is 3.61. The van der Waals surface area contributed by atoms with Crippen molar-refractivity contribution in [1.82, 2.24) is 15.2 Å². The molecule has 1 aliphatic rings. The fourth-order valence-electron chi connectivity index (χ4n) is 2.66. The molecule has 1 aromatic heterocycles. The Bertz CT molecular complexity index is 735. The highest BCUT2D eigenvalue weighted by Gasteiger charge is 2.27. The van der Waals surface area contributed by atoms with Crippen molar-refractivity contribution in [2.45, 2.75) is 0 Å². The number of fused-ring (bicyclic) bond motifs is 1. The van der Waals surface area contributed by atoms with Crippen LogP contribution in [0, 0.1) is 0 Å². The van der Waals surface area contributed by atoms with Crippen LogP contribution in [0.15, 0.2) is 22.8 Å². The Morgan fingerprint density at radius 3 is 2.68 bits per heavy atom. The van der Waals surface area contributed by atoms with Crippen LogP contribution in [0.5, 0.6) is 5.75 Å². The normalized spacial score (nSPS) is 15.1. The number of Topliss-reactive ketones (excluding diaryl/α,β-unsaturated/α-hetero) is 1. The van der Waals surface area contributed by atoms with Gasteiger partial charge >= 0.3 is 0 Å². The number of ether oxygens (including phenoxy) is 1.